The smallest absolute Gasteiger partial charge is 0.264 e. The number of carbonyl (C=O) groups excluding carboxylic acids is 2. The first-order valence-corrected chi connectivity index (χ1v) is 16.0. The summed E-state index contributed by atoms with van der Waals surface area (Å²) in [5, 5.41) is 38.8. The number of carbonyl (C=O) groups is 2. The molecule has 0 fully saturated rings. The molecule has 246 valence electrons. The second-order valence-electron chi connectivity index (χ2n) is 11.2. The zero-order chi connectivity index (χ0) is 33.1. The van der Waals surface area contributed by atoms with Crippen LogP contribution in [0.2, 0.25) is 0 Å². The number of benzene rings is 2. The van der Waals surface area contributed by atoms with Crippen molar-refractivity contribution in [1.29, 1.82) is 0 Å². The fourth-order valence-electron chi connectivity index (χ4n) is 5.53. The molecule has 12 nitrogen and oxygen atoms in total. The first-order valence-electron chi connectivity index (χ1n) is 16.0. The van der Waals surface area contributed by atoms with Gasteiger partial charge in [-0.05, 0) is 62.1 Å². The Morgan fingerprint density at radius 2 is 1.04 bits per heavy atom. The summed E-state index contributed by atoms with van der Waals surface area (Å²) in [5.74, 6) is 0.561. The summed E-state index contributed by atoms with van der Waals surface area (Å²) in [6, 6.07) is 10.9. The van der Waals surface area contributed by atoms with E-state index >= 15 is 0 Å². The average molecular weight is 633 g/mol. The second kappa shape index (κ2) is 16.5. The van der Waals surface area contributed by atoms with Gasteiger partial charge in [-0.3, -0.25) is 9.59 Å². The van der Waals surface area contributed by atoms with Crippen LogP contribution in [0.1, 0.15) is 78.1 Å². The van der Waals surface area contributed by atoms with E-state index in [-0.39, 0.29) is 47.8 Å². The summed E-state index contributed by atoms with van der Waals surface area (Å²) in [6.45, 7) is 5.27. The minimum Gasteiger partial charge on any atom is -0.497 e. The van der Waals surface area contributed by atoms with Crippen molar-refractivity contribution in [3.8, 4) is 23.3 Å². The Morgan fingerprint density at radius 3 is 1.41 bits per heavy atom. The summed E-state index contributed by atoms with van der Waals surface area (Å²) >= 11 is 0. The zero-order valence-electron chi connectivity index (χ0n) is 27.2. The third-order valence-electron chi connectivity index (χ3n) is 7.88. The van der Waals surface area contributed by atoms with Crippen LogP contribution >= 0.6 is 0 Å². The standard InChI is InChI=1S/C34H44N6O6/c1-5-19-39-27-17-15-23(45-3)21-25(27)31(33(39)43)37-35-29(41)13-11-9-7-8-10-12-14-30(42)36-38-32-26-22-24(46-4)16-18-28(26)40(20-6-2)34(32)44/h15-18,21-22,43-44H,5-14,19-20H2,1-4H3. The van der Waals surface area contributed by atoms with Crippen LogP contribution in [0.5, 0.6) is 23.3 Å². The van der Waals surface area contributed by atoms with Crippen LogP contribution in [0.4, 0.5) is 11.4 Å². The molecule has 2 aromatic carbocycles. The highest BCUT2D eigenvalue weighted by Crippen LogP contribution is 2.42. The van der Waals surface area contributed by atoms with E-state index in [9.17, 15) is 19.8 Å². The molecule has 0 aliphatic heterocycles. The van der Waals surface area contributed by atoms with Gasteiger partial charge in [0.15, 0.2) is 11.4 Å². The lowest BCUT2D eigenvalue weighted by Crippen LogP contribution is -1.95. The largest absolute Gasteiger partial charge is 0.497 e. The third-order valence-corrected chi connectivity index (χ3v) is 7.88. The molecule has 2 N–H and O–H groups in total. The Morgan fingerprint density at radius 1 is 0.652 bits per heavy atom. The number of aromatic hydroxyl groups is 2. The van der Waals surface area contributed by atoms with Crippen LogP contribution in [0.25, 0.3) is 21.8 Å². The van der Waals surface area contributed by atoms with Gasteiger partial charge in [0.2, 0.25) is 11.8 Å². The number of hydrogen-bond acceptors (Lipinski definition) is 8. The van der Waals surface area contributed by atoms with Gasteiger partial charge in [0.25, 0.3) is 11.8 Å². The SMILES string of the molecule is CCCn1c(O)c(N=NC(=O)CCCCCCCCC(=O)N=Nc2c(O)n(CCC)c3ccc(OC)cc23)c2cc(OC)ccc21. The van der Waals surface area contributed by atoms with E-state index in [1.807, 2.05) is 38.1 Å². The van der Waals surface area contributed by atoms with Crippen molar-refractivity contribution in [3.05, 3.63) is 36.4 Å². The molecule has 0 aliphatic rings. The van der Waals surface area contributed by atoms with Crippen molar-refractivity contribution in [2.24, 2.45) is 20.5 Å². The van der Waals surface area contributed by atoms with Crippen LogP contribution in [0.3, 0.4) is 0 Å². The molecule has 0 spiro atoms. The number of hydrogen-bond donors (Lipinski definition) is 2. The molecule has 2 heterocycles. The molecule has 0 saturated heterocycles. The van der Waals surface area contributed by atoms with Crippen molar-refractivity contribution in [2.45, 2.75) is 91.1 Å². The molecule has 0 bridgehead atoms. The quantitative estimate of drug-likeness (QED) is 0.0876. The molecular weight excluding hydrogens is 588 g/mol. The van der Waals surface area contributed by atoms with Gasteiger partial charge < -0.3 is 28.8 Å². The number of amides is 2. The van der Waals surface area contributed by atoms with Gasteiger partial charge in [-0.25, -0.2) is 0 Å². The van der Waals surface area contributed by atoms with Gasteiger partial charge in [-0.2, -0.15) is 0 Å². The van der Waals surface area contributed by atoms with E-state index < -0.39 is 0 Å². The number of aryl methyl sites for hydroxylation is 2. The first kappa shape index (κ1) is 34.1. The van der Waals surface area contributed by atoms with Crippen LogP contribution in [-0.2, 0) is 22.7 Å². The highest BCUT2D eigenvalue weighted by molar-refractivity contribution is 5.97. The van der Waals surface area contributed by atoms with E-state index in [4.69, 9.17) is 9.47 Å². The van der Waals surface area contributed by atoms with E-state index in [2.05, 4.69) is 20.5 Å². The molecule has 2 aromatic heterocycles. The summed E-state index contributed by atoms with van der Waals surface area (Å²) in [5.41, 5.74) is 2.15. The molecule has 4 rings (SSSR count). The molecule has 0 aliphatic carbocycles. The lowest BCUT2D eigenvalue weighted by Gasteiger charge is -2.04. The second-order valence-corrected chi connectivity index (χ2v) is 11.2. The van der Waals surface area contributed by atoms with Crippen LogP contribution < -0.4 is 9.47 Å². The summed E-state index contributed by atoms with van der Waals surface area (Å²) in [7, 11) is 3.14. The minimum atomic E-state index is -0.336. The lowest BCUT2D eigenvalue weighted by atomic mass is 10.1. The summed E-state index contributed by atoms with van der Waals surface area (Å²) < 4.78 is 14.2. The Labute approximate surface area is 268 Å². The van der Waals surface area contributed by atoms with E-state index in [0.29, 0.717) is 48.2 Å². The van der Waals surface area contributed by atoms with E-state index in [0.717, 1.165) is 49.6 Å². The fraction of sp³-hybridized carbons (Fsp3) is 0.471. The molecule has 2 amide bonds. The van der Waals surface area contributed by atoms with Crippen LogP contribution in [0.15, 0.2) is 56.9 Å². The molecule has 46 heavy (non-hydrogen) atoms. The summed E-state index contributed by atoms with van der Waals surface area (Å²) in [6.07, 6.45) is 7.14. The van der Waals surface area contributed by atoms with Gasteiger partial charge in [-0.1, -0.05) is 39.5 Å². The maximum Gasteiger partial charge on any atom is 0.264 e. The van der Waals surface area contributed by atoms with Gasteiger partial charge >= 0.3 is 0 Å². The number of unbranched alkanes of at least 4 members (excludes halogenated alkanes) is 5. The Kier molecular flexibility index (Phi) is 12.3. The molecule has 12 heteroatoms. The molecule has 4 aromatic rings. The molecular formula is C34H44N6O6. The van der Waals surface area contributed by atoms with Gasteiger partial charge in [0.1, 0.15) is 11.5 Å². The number of fused-ring (bicyclic) bond motifs is 2. The number of nitrogens with zero attached hydrogens (tertiary/aromatic N) is 6. The Hall–Kier alpha value is -4.74. The number of methoxy groups -OCH3 is 2. The third kappa shape index (κ3) is 8.09. The Balaban J connectivity index is 1.19. The van der Waals surface area contributed by atoms with E-state index in [1.54, 1.807) is 35.5 Å². The van der Waals surface area contributed by atoms with Crippen LogP contribution in [0, 0.1) is 0 Å². The summed E-state index contributed by atoms with van der Waals surface area (Å²) in [4.78, 5) is 24.8. The Bertz CT molecular complexity index is 1590. The van der Waals surface area contributed by atoms with Gasteiger partial charge in [0, 0.05) is 36.7 Å². The molecule has 0 unspecified atom stereocenters. The number of ether oxygens (including phenoxy) is 2. The normalized spacial score (nSPS) is 11.8. The number of azo groups is 2. The monoisotopic (exact) mass is 632 g/mol. The lowest BCUT2D eigenvalue weighted by molar-refractivity contribution is -0.119. The maximum atomic E-state index is 12.4. The topological polar surface area (TPSA) is 152 Å². The van der Waals surface area contributed by atoms with Crippen molar-refractivity contribution >= 4 is 45.0 Å². The van der Waals surface area contributed by atoms with Crippen LogP contribution in [-0.4, -0.2) is 45.4 Å². The van der Waals surface area contributed by atoms with Crippen molar-refractivity contribution in [1.82, 2.24) is 9.13 Å². The minimum absolute atomic E-state index is 0.0139. The number of aromatic nitrogens is 2. The molecule has 0 radical (unpaired) electrons. The predicted octanol–water partition coefficient (Wildman–Crippen LogP) is 8.89. The fourth-order valence-corrected chi connectivity index (χ4v) is 5.53. The van der Waals surface area contributed by atoms with Crippen molar-refractivity contribution in [3.63, 3.8) is 0 Å². The van der Waals surface area contributed by atoms with E-state index in [1.165, 1.54) is 0 Å². The highest BCUT2D eigenvalue weighted by atomic mass is 16.5. The van der Waals surface area contributed by atoms with Gasteiger partial charge in [-0.15, -0.1) is 20.5 Å². The number of rotatable bonds is 17. The molecule has 0 saturated carbocycles. The average Bonchev–Trinajstić information content (AvgIpc) is 3.48. The van der Waals surface area contributed by atoms with Crippen molar-refractivity contribution < 1.29 is 29.3 Å². The predicted molar refractivity (Wildman–Crippen MR) is 177 cm³/mol. The van der Waals surface area contributed by atoms with Crippen molar-refractivity contribution in [2.75, 3.05) is 14.2 Å². The highest BCUT2D eigenvalue weighted by Gasteiger charge is 2.19. The maximum absolute atomic E-state index is 12.4. The molecule has 0 atom stereocenters. The van der Waals surface area contributed by atoms with Gasteiger partial charge in [0.05, 0.1) is 25.3 Å². The first-order chi connectivity index (χ1) is 22.3. The zero-order valence-corrected chi connectivity index (χ0v) is 27.2.